The second-order valence-electron chi connectivity index (χ2n) is 7.97. The Labute approximate surface area is 183 Å². The predicted molar refractivity (Wildman–Crippen MR) is 119 cm³/mol. The highest BCUT2D eigenvalue weighted by atomic mass is 16.5. The molecule has 0 fully saturated rings. The van der Waals surface area contributed by atoms with E-state index < -0.39 is 12.0 Å². The van der Waals surface area contributed by atoms with E-state index in [0.717, 1.165) is 31.5 Å². The number of hydrogen-bond donors (Lipinski definition) is 2. The Morgan fingerprint density at radius 2 is 1.84 bits per heavy atom. The second kappa shape index (κ2) is 9.35. The maximum atomic E-state index is 13.0. The molecular weight excluding hydrogens is 390 g/mol. The van der Waals surface area contributed by atoms with Gasteiger partial charge in [-0.2, -0.15) is 0 Å². The Hall–Kier alpha value is -3.12. The van der Waals surface area contributed by atoms with Crippen LogP contribution < -0.4 is 10.6 Å². The van der Waals surface area contributed by atoms with E-state index in [2.05, 4.69) is 40.7 Å². The topological polar surface area (TPSA) is 70.7 Å². The van der Waals surface area contributed by atoms with Crippen molar-refractivity contribution >= 4 is 12.0 Å². The third kappa shape index (κ3) is 4.64. The molecule has 2 amide bonds. The minimum atomic E-state index is -0.536. The third-order valence-electron chi connectivity index (χ3n) is 5.96. The number of rotatable bonds is 6. The van der Waals surface area contributed by atoms with Gasteiger partial charge < -0.3 is 15.4 Å². The molecule has 0 aliphatic carbocycles. The normalized spacial score (nSPS) is 18.8. The molecule has 2 aliphatic heterocycles. The van der Waals surface area contributed by atoms with Crippen LogP contribution in [0, 0.1) is 0 Å². The fraction of sp³-hybridized carbons (Fsp3) is 0.360. The number of urea groups is 1. The first kappa shape index (κ1) is 21.1. The van der Waals surface area contributed by atoms with Crippen molar-refractivity contribution in [1.82, 2.24) is 15.5 Å². The molecule has 2 aromatic carbocycles. The monoisotopic (exact) mass is 419 g/mol. The van der Waals surface area contributed by atoms with Gasteiger partial charge in [0.15, 0.2) is 0 Å². The number of nitrogens with zero attached hydrogens (tertiary/aromatic N) is 1. The van der Waals surface area contributed by atoms with E-state index in [0.29, 0.717) is 17.8 Å². The van der Waals surface area contributed by atoms with Gasteiger partial charge in [-0.1, -0.05) is 55.5 Å². The molecule has 0 radical (unpaired) electrons. The number of hydrogen-bond acceptors (Lipinski definition) is 4. The number of carbonyl (C=O) groups is 2. The van der Waals surface area contributed by atoms with Crippen molar-refractivity contribution in [3.8, 4) is 0 Å². The largest absolute Gasteiger partial charge is 0.463 e. The second-order valence-corrected chi connectivity index (χ2v) is 7.97. The number of ether oxygens (including phenoxy) is 1. The quantitative estimate of drug-likeness (QED) is 0.704. The van der Waals surface area contributed by atoms with Gasteiger partial charge in [0.05, 0.1) is 18.2 Å². The number of amides is 2. The molecule has 162 valence electrons. The van der Waals surface area contributed by atoms with E-state index in [4.69, 9.17) is 4.74 Å². The third-order valence-corrected chi connectivity index (χ3v) is 5.96. The Morgan fingerprint density at radius 3 is 2.55 bits per heavy atom. The summed E-state index contributed by atoms with van der Waals surface area (Å²) in [6, 6.07) is 15.6. The summed E-state index contributed by atoms with van der Waals surface area (Å²) in [5.41, 5.74) is 5.82. The fourth-order valence-electron chi connectivity index (χ4n) is 4.30. The summed E-state index contributed by atoms with van der Waals surface area (Å²) < 4.78 is 5.38. The molecule has 0 saturated carbocycles. The van der Waals surface area contributed by atoms with Crippen molar-refractivity contribution in [2.75, 3.05) is 19.7 Å². The van der Waals surface area contributed by atoms with E-state index >= 15 is 0 Å². The van der Waals surface area contributed by atoms with Gasteiger partial charge in [-0.25, -0.2) is 9.59 Å². The smallest absolute Gasteiger partial charge is 0.338 e. The van der Waals surface area contributed by atoms with Gasteiger partial charge in [-0.3, -0.25) is 4.90 Å². The molecule has 0 spiro atoms. The van der Waals surface area contributed by atoms with Crippen LogP contribution >= 0.6 is 0 Å². The summed E-state index contributed by atoms with van der Waals surface area (Å²) in [5, 5.41) is 5.80. The van der Waals surface area contributed by atoms with Crippen LogP contribution in [0.1, 0.15) is 42.1 Å². The molecule has 2 aromatic rings. The van der Waals surface area contributed by atoms with Crippen LogP contribution in [0.3, 0.4) is 0 Å². The lowest BCUT2D eigenvalue weighted by atomic mass is 9.93. The highest BCUT2D eigenvalue weighted by Gasteiger charge is 2.34. The van der Waals surface area contributed by atoms with Gasteiger partial charge in [0, 0.05) is 25.3 Å². The average molecular weight is 420 g/mol. The minimum absolute atomic E-state index is 0.280. The zero-order valence-corrected chi connectivity index (χ0v) is 18.1. The molecule has 6 nitrogen and oxygen atoms in total. The molecule has 0 unspecified atom stereocenters. The Balaban J connectivity index is 1.66. The van der Waals surface area contributed by atoms with Gasteiger partial charge in [0.1, 0.15) is 0 Å². The SMILES string of the molecule is CCOC(=O)C1=C(CN2CCc3ccccc3C2)NC(=O)N[C@@H]1c1ccc(CC)cc1. The standard InChI is InChI=1S/C25H29N3O3/c1-3-17-9-11-19(12-10-17)23-22(24(29)31-4-2)21(26-25(30)27-23)16-28-14-13-18-7-5-6-8-20(18)15-28/h5-12,23H,3-4,13-16H2,1-2H3,(H2,26,27,30)/t23-/m1/s1. The molecule has 4 rings (SSSR count). The van der Waals surface area contributed by atoms with Crippen LogP contribution in [0.4, 0.5) is 4.79 Å². The molecule has 0 saturated heterocycles. The van der Waals surface area contributed by atoms with Crippen molar-refractivity contribution in [3.63, 3.8) is 0 Å². The van der Waals surface area contributed by atoms with E-state index in [1.54, 1.807) is 6.92 Å². The lowest BCUT2D eigenvalue weighted by Crippen LogP contribution is -2.49. The lowest BCUT2D eigenvalue weighted by Gasteiger charge is -2.34. The molecule has 2 heterocycles. The number of esters is 1. The maximum Gasteiger partial charge on any atom is 0.338 e. The number of aryl methyl sites for hydroxylation is 1. The van der Waals surface area contributed by atoms with Crippen LogP contribution in [0.25, 0.3) is 0 Å². The Bertz CT molecular complexity index is 997. The summed E-state index contributed by atoms with van der Waals surface area (Å²) in [7, 11) is 0. The first-order valence-electron chi connectivity index (χ1n) is 10.9. The summed E-state index contributed by atoms with van der Waals surface area (Å²) >= 11 is 0. The summed E-state index contributed by atoms with van der Waals surface area (Å²) in [6.45, 7) is 6.31. The Kier molecular flexibility index (Phi) is 6.37. The molecule has 0 bridgehead atoms. The van der Waals surface area contributed by atoms with Crippen LogP contribution in [0.5, 0.6) is 0 Å². The fourth-order valence-corrected chi connectivity index (χ4v) is 4.30. The summed E-state index contributed by atoms with van der Waals surface area (Å²) in [4.78, 5) is 27.8. The van der Waals surface area contributed by atoms with Crippen LogP contribution in [-0.4, -0.2) is 36.6 Å². The van der Waals surface area contributed by atoms with E-state index in [1.165, 1.54) is 16.7 Å². The van der Waals surface area contributed by atoms with Gasteiger partial charge in [-0.15, -0.1) is 0 Å². The van der Waals surface area contributed by atoms with Crippen molar-refractivity contribution in [1.29, 1.82) is 0 Å². The van der Waals surface area contributed by atoms with E-state index in [-0.39, 0.29) is 12.6 Å². The lowest BCUT2D eigenvalue weighted by molar-refractivity contribution is -0.139. The zero-order valence-electron chi connectivity index (χ0n) is 18.1. The molecule has 2 N–H and O–H groups in total. The predicted octanol–water partition coefficient (Wildman–Crippen LogP) is 3.48. The van der Waals surface area contributed by atoms with Crippen molar-refractivity contribution in [2.45, 2.75) is 39.3 Å². The van der Waals surface area contributed by atoms with Crippen molar-refractivity contribution in [2.24, 2.45) is 0 Å². The highest BCUT2D eigenvalue weighted by molar-refractivity contribution is 5.95. The van der Waals surface area contributed by atoms with Gasteiger partial charge >= 0.3 is 12.0 Å². The van der Waals surface area contributed by atoms with Gasteiger partial charge in [0.2, 0.25) is 0 Å². The van der Waals surface area contributed by atoms with Crippen LogP contribution in [0.15, 0.2) is 59.8 Å². The van der Waals surface area contributed by atoms with E-state index in [9.17, 15) is 9.59 Å². The zero-order chi connectivity index (χ0) is 21.8. The number of benzene rings is 2. The highest BCUT2D eigenvalue weighted by Crippen LogP contribution is 2.29. The number of carbonyl (C=O) groups excluding carboxylic acids is 2. The molecule has 0 aromatic heterocycles. The molecule has 2 aliphatic rings. The van der Waals surface area contributed by atoms with Gasteiger partial charge in [-0.05, 0) is 42.0 Å². The minimum Gasteiger partial charge on any atom is -0.463 e. The summed E-state index contributed by atoms with van der Waals surface area (Å²) in [6.07, 6.45) is 1.88. The number of fused-ring (bicyclic) bond motifs is 1. The first-order chi connectivity index (χ1) is 15.1. The Morgan fingerprint density at radius 1 is 1.10 bits per heavy atom. The van der Waals surface area contributed by atoms with E-state index in [1.807, 2.05) is 30.3 Å². The van der Waals surface area contributed by atoms with Crippen molar-refractivity contribution in [3.05, 3.63) is 82.1 Å². The average Bonchev–Trinajstić information content (AvgIpc) is 2.79. The van der Waals surface area contributed by atoms with Crippen LogP contribution in [0.2, 0.25) is 0 Å². The van der Waals surface area contributed by atoms with Crippen molar-refractivity contribution < 1.29 is 14.3 Å². The molecule has 6 heteroatoms. The first-order valence-corrected chi connectivity index (χ1v) is 10.9. The van der Waals surface area contributed by atoms with Gasteiger partial charge in [0.25, 0.3) is 0 Å². The molecular formula is C25H29N3O3. The molecule has 1 atom stereocenters. The maximum absolute atomic E-state index is 13.0. The number of nitrogens with one attached hydrogen (secondary N) is 2. The molecule has 31 heavy (non-hydrogen) atoms. The van der Waals surface area contributed by atoms with Crippen LogP contribution in [-0.2, 0) is 28.9 Å². The summed E-state index contributed by atoms with van der Waals surface area (Å²) in [5.74, 6) is -0.396.